The van der Waals surface area contributed by atoms with E-state index >= 15 is 0 Å². The van der Waals surface area contributed by atoms with E-state index in [2.05, 4.69) is 10.6 Å². The van der Waals surface area contributed by atoms with Gasteiger partial charge in [-0.2, -0.15) is 0 Å². The van der Waals surface area contributed by atoms with E-state index < -0.39 is 35.5 Å². The van der Waals surface area contributed by atoms with Crippen LogP contribution in [-0.4, -0.2) is 36.6 Å². The zero-order valence-electron chi connectivity index (χ0n) is 20.4. The zero-order valence-corrected chi connectivity index (χ0v) is 20.4. The first kappa shape index (κ1) is 26.2. The number of benzene rings is 2. The number of hydrogen-bond acceptors (Lipinski definition) is 5. The highest BCUT2D eigenvalue weighted by atomic mass is 16.6. The predicted octanol–water partition coefficient (Wildman–Crippen LogP) is 5.54. The molecule has 0 saturated heterocycles. The van der Waals surface area contributed by atoms with Crippen LogP contribution < -0.4 is 10.6 Å². The minimum absolute atomic E-state index is 0.197. The Balaban J connectivity index is 2.08. The predicted molar refractivity (Wildman–Crippen MR) is 128 cm³/mol. The Hall–Kier alpha value is -3.06. The standard InChI is InChI=1S/C26H36N2O5/c1-25(2,3)32-23(29)27-21(19-13-9-7-10-14-19)17-31-18-22(20-15-11-8-12-16-20)28-24(30)33-26(4,5)6/h7-16,21-22H,17-18H2,1-6H3,(H,27,29)(H,28,30). The Morgan fingerprint density at radius 2 is 1.00 bits per heavy atom. The number of ether oxygens (including phenoxy) is 3. The molecule has 2 N–H and O–H groups in total. The van der Waals surface area contributed by atoms with Crippen LogP contribution in [0.1, 0.15) is 64.8 Å². The molecular weight excluding hydrogens is 420 g/mol. The van der Waals surface area contributed by atoms with Crippen LogP contribution in [0, 0.1) is 0 Å². The first-order valence-corrected chi connectivity index (χ1v) is 11.1. The molecule has 0 heterocycles. The average molecular weight is 457 g/mol. The topological polar surface area (TPSA) is 85.9 Å². The van der Waals surface area contributed by atoms with Gasteiger partial charge in [-0.3, -0.25) is 0 Å². The summed E-state index contributed by atoms with van der Waals surface area (Å²) in [5, 5.41) is 5.75. The molecular formula is C26H36N2O5. The third-order valence-corrected chi connectivity index (χ3v) is 4.35. The van der Waals surface area contributed by atoms with Gasteiger partial charge >= 0.3 is 12.2 Å². The van der Waals surface area contributed by atoms with E-state index in [1.807, 2.05) is 102 Å². The summed E-state index contributed by atoms with van der Waals surface area (Å²) in [4.78, 5) is 24.8. The monoisotopic (exact) mass is 456 g/mol. The Labute approximate surface area is 196 Å². The van der Waals surface area contributed by atoms with Gasteiger partial charge in [0.2, 0.25) is 0 Å². The summed E-state index contributed by atoms with van der Waals surface area (Å²) in [6.45, 7) is 11.3. The second kappa shape index (κ2) is 11.7. The largest absolute Gasteiger partial charge is 0.444 e. The molecule has 0 aliphatic heterocycles. The number of nitrogens with one attached hydrogen (secondary N) is 2. The van der Waals surface area contributed by atoms with Gasteiger partial charge in [0.1, 0.15) is 11.2 Å². The fourth-order valence-corrected chi connectivity index (χ4v) is 3.02. The maximum absolute atomic E-state index is 12.4. The molecule has 0 bridgehead atoms. The van der Waals surface area contributed by atoms with Gasteiger partial charge in [0.15, 0.2) is 0 Å². The second-order valence-electron chi connectivity index (χ2n) is 9.76. The molecule has 0 aliphatic rings. The van der Waals surface area contributed by atoms with Crippen LogP contribution in [0.2, 0.25) is 0 Å². The van der Waals surface area contributed by atoms with E-state index in [-0.39, 0.29) is 13.2 Å². The van der Waals surface area contributed by atoms with Crippen molar-refractivity contribution in [3.8, 4) is 0 Å². The van der Waals surface area contributed by atoms with Gasteiger partial charge in [-0.05, 0) is 52.7 Å². The van der Waals surface area contributed by atoms with Crippen LogP contribution >= 0.6 is 0 Å². The third kappa shape index (κ3) is 10.4. The van der Waals surface area contributed by atoms with Crippen LogP contribution in [0.5, 0.6) is 0 Å². The van der Waals surface area contributed by atoms with Gasteiger partial charge in [0, 0.05) is 0 Å². The number of rotatable bonds is 8. The lowest BCUT2D eigenvalue weighted by molar-refractivity contribution is 0.0374. The minimum Gasteiger partial charge on any atom is -0.444 e. The summed E-state index contributed by atoms with van der Waals surface area (Å²) in [5.74, 6) is 0. The normalized spacial score (nSPS) is 13.5. The van der Waals surface area contributed by atoms with Crippen LogP contribution in [-0.2, 0) is 14.2 Å². The van der Waals surface area contributed by atoms with Crippen LogP contribution in [0.15, 0.2) is 60.7 Å². The van der Waals surface area contributed by atoms with Crippen molar-refractivity contribution >= 4 is 12.2 Å². The van der Waals surface area contributed by atoms with Crippen molar-refractivity contribution in [2.45, 2.75) is 64.8 Å². The van der Waals surface area contributed by atoms with Crippen molar-refractivity contribution in [2.75, 3.05) is 13.2 Å². The molecule has 7 nitrogen and oxygen atoms in total. The van der Waals surface area contributed by atoms with Crippen molar-refractivity contribution in [1.82, 2.24) is 10.6 Å². The lowest BCUT2D eigenvalue weighted by atomic mass is 10.1. The van der Waals surface area contributed by atoms with Crippen molar-refractivity contribution in [1.29, 1.82) is 0 Å². The molecule has 33 heavy (non-hydrogen) atoms. The molecule has 7 heteroatoms. The van der Waals surface area contributed by atoms with E-state index in [0.717, 1.165) is 11.1 Å². The lowest BCUT2D eigenvalue weighted by Gasteiger charge is -2.26. The molecule has 2 aromatic rings. The molecule has 0 fully saturated rings. The highest BCUT2D eigenvalue weighted by molar-refractivity contribution is 5.69. The van der Waals surface area contributed by atoms with Gasteiger partial charge in [0.25, 0.3) is 0 Å². The Morgan fingerprint density at radius 3 is 1.30 bits per heavy atom. The van der Waals surface area contributed by atoms with E-state index in [0.29, 0.717) is 0 Å². The fraction of sp³-hybridized carbons (Fsp3) is 0.462. The molecule has 2 rings (SSSR count). The molecule has 0 spiro atoms. The summed E-state index contributed by atoms with van der Waals surface area (Å²) in [7, 11) is 0. The molecule has 0 radical (unpaired) electrons. The highest BCUT2D eigenvalue weighted by Gasteiger charge is 2.23. The molecule has 180 valence electrons. The van der Waals surface area contributed by atoms with Crippen LogP contribution in [0.3, 0.4) is 0 Å². The third-order valence-electron chi connectivity index (χ3n) is 4.35. The Morgan fingerprint density at radius 1 is 0.667 bits per heavy atom. The van der Waals surface area contributed by atoms with Crippen molar-refractivity contribution < 1.29 is 23.8 Å². The smallest absolute Gasteiger partial charge is 0.408 e. The van der Waals surface area contributed by atoms with Gasteiger partial charge in [-0.1, -0.05) is 60.7 Å². The summed E-state index contributed by atoms with van der Waals surface area (Å²) < 4.78 is 16.8. The SMILES string of the molecule is CC(C)(C)OC(=O)NC(COCC(NC(=O)OC(C)(C)C)c1ccccc1)c1ccccc1. The van der Waals surface area contributed by atoms with E-state index in [9.17, 15) is 9.59 Å². The summed E-state index contributed by atoms with van der Waals surface area (Å²) >= 11 is 0. The van der Waals surface area contributed by atoms with E-state index in [4.69, 9.17) is 14.2 Å². The van der Waals surface area contributed by atoms with Gasteiger partial charge in [0.05, 0.1) is 25.3 Å². The second-order valence-corrected chi connectivity index (χ2v) is 9.76. The van der Waals surface area contributed by atoms with E-state index in [1.54, 1.807) is 0 Å². The number of carbonyl (C=O) groups excluding carboxylic acids is 2. The van der Waals surface area contributed by atoms with Gasteiger partial charge < -0.3 is 24.8 Å². The summed E-state index contributed by atoms with van der Waals surface area (Å²) in [6.07, 6.45) is -1.04. The maximum atomic E-state index is 12.4. The lowest BCUT2D eigenvalue weighted by Crippen LogP contribution is -2.38. The first-order valence-electron chi connectivity index (χ1n) is 11.1. The number of alkyl carbamates (subject to hydrolysis) is 2. The van der Waals surface area contributed by atoms with E-state index in [1.165, 1.54) is 0 Å². The Bertz CT molecular complexity index is 800. The van der Waals surface area contributed by atoms with Crippen molar-refractivity contribution in [3.05, 3.63) is 71.8 Å². The minimum atomic E-state index is -0.609. The molecule has 2 unspecified atom stereocenters. The van der Waals surface area contributed by atoms with Crippen LogP contribution in [0.4, 0.5) is 9.59 Å². The van der Waals surface area contributed by atoms with Crippen molar-refractivity contribution in [2.24, 2.45) is 0 Å². The number of amides is 2. The molecule has 0 saturated carbocycles. The molecule has 0 aromatic heterocycles. The highest BCUT2D eigenvalue weighted by Crippen LogP contribution is 2.18. The number of hydrogen-bond donors (Lipinski definition) is 2. The fourth-order valence-electron chi connectivity index (χ4n) is 3.02. The first-order chi connectivity index (χ1) is 15.4. The number of carbonyl (C=O) groups is 2. The molecule has 0 aliphatic carbocycles. The van der Waals surface area contributed by atoms with Gasteiger partial charge in [-0.15, -0.1) is 0 Å². The molecule has 2 amide bonds. The molecule has 2 aromatic carbocycles. The maximum Gasteiger partial charge on any atom is 0.408 e. The van der Waals surface area contributed by atoms with Crippen LogP contribution in [0.25, 0.3) is 0 Å². The van der Waals surface area contributed by atoms with Gasteiger partial charge in [-0.25, -0.2) is 9.59 Å². The quantitative estimate of drug-likeness (QED) is 0.545. The summed E-state index contributed by atoms with van der Waals surface area (Å²) in [5.41, 5.74) is 0.559. The molecule has 2 atom stereocenters. The summed E-state index contributed by atoms with van der Waals surface area (Å²) in [6, 6.07) is 18.2. The Kier molecular flexibility index (Phi) is 9.29. The average Bonchev–Trinajstić information content (AvgIpc) is 2.71. The van der Waals surface area contributed by atoms with Crippen molar-refractivity contribution in [3.63, 3.8) is 0 Å². The zero-order chi connectivity index (χ0) is 24.5.